The fourth-order valence-corrected chi connectivity index (χ4v) is 6.91. The Morgan fingerprint density at radius 1 is 0.631 bits per heavy atom. The van der Waals surface area contributed by atoms with Gasteiger partial charge in [-0.2, -0.15) is 5.26 Å². The molecule has 9 aromatic rings. The van der Waals surface area contributed by atoms with Gasteiger partial charge >= 0.3 is 20.1 Å². The van der Waals surface area contributed by atoms with Gasteiger partial charge in [-0.3, -0.25) is 0 Å². The monoisotopic (exact) mass is 1050 g/mol. The summed E-state index contributed by atoms with van der Waals surface area (Å²) in [6.45, 7) is -1.29. The molecule has 0 aliphatic carbocycles. The van der Waals surface area contributed by atoms with Crippen LogP contribution in [0.1, 0.15) is 105 Å². The van der Waals surface area contributed by atoms with Crippen LogP contribution in [-0.4, -0.2) is 15.0 Å². The Balaban J connectivity index is 0.00000961. The van der Waals surface area contributed by atoms with E-state index < -0.39 is 108 Å². The normalized spacial score (nSPS) is 18.2. The van der Waals surface area contributed by atoms with Crippen LogP contribution in [0.2, 0.25) is 0 Å². The van der Waals surface area contributed by atoms with Gasteiger partial charge in [0.05, 0.1) is 18.6 Å². The fraction of sp³-hybridized carbons (Fsp3) is 0.220. The molecular weight excluding hydrogens is 973 g/mol. The molecule has 0 bridgehead atoms. The van der Waals surface area contributed by atoms with Crippen molar-refractivity contribution in [1.29, 1.82) is 5.26 Å². The molecule has 0 amide bonds. The van der Waals surface area contributed by atoms with E-state index in [1.807, 2.05) is 6.07 Å². The molecule has 322 valence electrons. The van der Waals surface area contributed by atoms with Gasteiger partial charge in [0.2, 0.25) is 0 Å². The minimum atomic E-state index is -3.53. The number of nitrogens with zero attached hydrogens (tertiary/aromatic N) is 4. The molecule has 0 saturated carbocycles. The molecule has 4 heterocycles. The van der Waals surface area contributed by atoms with Crippen molar-refractivity contribution in [2.75, 3.05) is 0 Å². The van der Waals surface area contributed by atoms with Crippen LogP contribution in [-0.2, 0) is 64.7 Å². The summed E-state index contributed by atoms with van der Waals surface area (Å²) in [5.74, 6) is 0. The SMILES string of the molecule is [2H]c1cc2c(oc3c(-c4ccc(C([2H])([2H])C([2H])([2H])c5cc(C([2H])([2H])C([2H])([2H])c6cnc(-c7[c-]cccc7)cc6C([2H])([2H])[2H])cc(C([2H])([2H])C([2H])([2H])c6cnc(-c7[c-]cccc7)cc6C([2H])([2H])[2H])c5)cn4)[c-]ccc32)c(C([2H])([2H])C(C)(C)C)c1C#N.[Ir+3]. The number of hydrogen-bond donors (Lipinski definition) is 0. The average molecular weight is 1050 g/mol. The third-order valence-electron chi connectivity index (χ3n) is 9.90. The number of pyridine rings is 3. The van der Waals surface area contributed by atoms with Gasteiger partial charge in [-0.15, -0.1) is 90.0 Å². The van der Waals surface area contributed by atoms with Crippen LogP contribution in [0.25, 0.3) is 55.7 Å². The number of nitriles is 1. The van der Waals surface area contributed by atoms with E-state index in [0.717, 1.165) is 42.9 Å². The van der Waals surface area contributed by atoms with Crippen molar-refractivity contribution >= 4 is 21.9 Å². The van der Waals surface area contributed by atoms with Crippen LogP contribution >= 0.6 is 0 Å². The number of furan rings is 1. The molecule has 0 spiro atoms. The summed E-state index contributed by atoms with van der Waals surface area (Å²) in [4.78, 5) is 13.0. The predicted molar refractivity (Wildman–Crippen MR) is 259 cm³/mol. The molecule has 9 rings (SSSR count). The summed E-state index contributed by atoms with van der Waals surface area (Å²) < 4.78 is 198. The largest absolute Gasteiger partial charge is 3.00 e. The Morgan fingerprint density at radius 3 is 1.72 bits per heavy atom. The van der Waals surface area contributed by atoms with E-state index in [0.29, 0.717) is 28.0 Å². The maximum Gasteiger partial charge on any atom is 3.00 e. The van der Waals surface area contributed by atoms with E-state index in [-0.39, 0.29) is 71.1 Å². The number of aryl methyl sites for hydroxylation is 8. The van der Waals surface area contributed by atoms with E-state index >= 15 is 0 Å². The molecule has 0 atom stereocenters. The minimum absolute atomic E-state index is 0. The molecule has 0 aliphatic rings. The average Bonchev–Trinajstić information content (AvgIpc) is 1.18. The van der Waals surface area contributed by atoms with Gasteiger partial charge < -0.3 is 19.4 Å². The van der Waals surface area contributed by atoms with Crippen molar-refractivity contribution in [3.63, 3.8) is 0 Å². The van der Waals surface area contributed by atoms with Crippen molar-refractivity contribution in [1.82, 2.24) is 15.0 Å². The van der Waals surface area contributed by atoms with Gasteiger partial charge in [0, 0.05) is 57.0 Å². The first-order valence-corrected chi connectivity index (χ1v) is 20.1. The molecule has 0 radical (unpaired) electrons. The molecule has 4 aromatic heterocycles. The van der Waals surface area contributed by atoms with Crippen molar-refractivity contribution in [2.24, 2.45) is 5.41 Å². The van der Waals surface area contributed by atoms with Gasteiger partial charge in [0.25, 0.3) is 0 Å². The van der Waals surface area contributed by atoms with E-state index in [2.05, 4.69) is 33.2 Å². The second kappa shape index (κ2) is 19.7. The maximum absolute atomic E-state index is 10.2. The molecule has 0 unspecified atom stereocenters. The quantitative estimate of drug-likeness (QED) is 0.108. The Bertz CT molecular complexity index is 3950. The summed E-state index contributed by atoms with van der Waals surface area (Å²) in [5.41, 5.74) is -6.36. The first-order chi connectivity index (χ1) is 39.2. The molecule has 6 heteroatoms. The standard InChI is InChI=1S/C59H51N4O.Ir/c1-39-29-55(45-13-8-6-9-14-45)62-37-48(39)24-21-43-31-42(32-44(33-43)22-25-49-38-63-56(30-40(49)2)46-15-10-7-11-16-46)20-19-41-23-28-54(61-36-41)52-18-12-17-50-51-27-26-47(35-60)53(34-59(3,4)5)58(51)64-57(50)52;/h6-13,15,17,23,26-33,36-38H,19-22,24-25,34H2,1-5H3;/q-3;+3/i1D3,2D3,19D2,20D2,21D2,22D2,24D2,25D2,26D,34D2;. The Labute approximate surface area is 426 Å². The first-order valence-electron chi connectivity index (χ1n) is 30.6. The summed E-state index contributed by atoms with van der Waals surface area (Å²) in [7, 11) is 0. The van der Waals surface area contributed by atoms with Crippen LogP contribution in [0.5, 0.6) is 0 Å². The van der Waals surface area contributed by atoms with Crippen molar-refractivity contribution in [2.45, 2.75) is 79.1 Å². The summed E-state index contributed by atoms with van der Waals surface area (Å²) in [5, 5.41) is 10.9. The van der Waals surface area contributed by atoms with Gasteiger partial charge in [-0.1, -0.05) is 91.4 Å². The van der Waals surface area contributed by atoms with E-state index in [1.165, 1.54) is 36.4 Å². The van der Waals surface area contributed by atoms with Crippen LogP contribution < -0.4 is 0 Å². The second-order valence-electron chi connectivity index (χ2n) is 15.7. The fourth-order valence-electron chi connectivity index (χ4n) is 6.91. The Morgan fingerprint density at radius 2 is 1.20 bits per heavy atom. The molecule has 0 saturated heterocycles. The van der Waals surface area contributed by atoms with Crippen LogP contribution in [0.4, 0.5) is 0 Å². The molecule has 5 nitrogen and oxygen atoms in total. The molecule has 5 aromatic carbocycles. The van der Waals surface area contributed by atoms with Gasteiger partial charge in [0.1, 0.15) is 5.58 Å². The zero-order valence-electron chi connectivity index (χ0n) is 56.2. The Hall–Kier alpha value is -6.51. The zero-order chi connectivity index (χ0) is 62.6. The van der Waals surface area contributed by atoms with Gasteiger partial charge in [-0.05, 0) is 120 Å². The number of rotatable bonds is 13. The topological polar surface area (TPSA) is 75.6 Å². The number of aromatic nitrogens is 3. The van der Waals surface area contributed by atoms with E-state index in [4.69, 9.17) is 16.8 Å². The van der Waals surface area contributed by atoms with Crippen molar-refractivity contribution < 1.29 is 53.3 Å². The molecule has 0 N–H and O–H groups in total. The van der Waals surface area contributed by atoms with Crippen LogP contribution in [0.15, 0.2) is 138 Å². The third-order valence-corrected chi connectivity index (χ3v) is 9.90. The summed E-state index contributed by atoms with van der Waals surface area (Å²) in [6.07, 6.45) is -20.2. The predicted octanol–water partition coefficient (Wildman–Crippen LogP) is 13.6. The van der Waals surface area contributed by atoms with Crippen molar-refractivity contribution in [3.8, 4) is 39.8 Å². The third kappa shape index (κ3) is 10.4. The molecule has 0 aliphatic heterocycles. The molecule has 0 fully saturated rings. The smallest absolute Gasteiger partial charge is 0.500 e. The van der Waals surface area contributed by atoms with Crippen molar-refractivity contribution in [3.05, 3.63) is 208 Å². The van der Waals surface area contributed by atoms with E-state index in [9.17, 15) is 21.7 Å². The van der Waals surface area contributed by atoms with E-state index in [1.54, 1.807) is 63.2 Å². The number of hydrogen-bond acceptors (Lipinski definition) is 5. The van der Waals surface area contributed by atoms with Gasteiger partial charge in [-0.25, -0.2) is 0 Å². The minimum Gasteiger partial charge on any atom is -0.500 e. The second-order valence-corrected chi connectivity index (χ2v) is 15.7. The summed E-state index contributed by atoms with van der Waals surface area (Å²) in [6, 6.07) is 34.6. The summed E-state index contributed by atoms with van der Waals surface area (Å²) >= 11 is 0. The van der Waals surface area contributed by atoms with Crippen LogP contribution in [0.3, 0.4) is 0 Å². The maximum atomic E-state index is 10.2. The Kier molecular flexibility index (Phi) is 7.83. The number of benzene rings is 5. The van der Waals surface area contributed by atoms with Gasteiger partial charge in [0.15, 0.2) is 0 Å². The number of fused-ring (bicyclic) bond motifs is 3. The van der Waals surface area contributed by atoms with Crippen LogP contribution in [0, 0.1) is 48.6 Å². The first kappa shape index (κ1) is 25.8. The molecular formula is C59H51IrN4O. The molecule has 65 heavy (non-hydrogen) atoms. The zero-order valence-corrected chi connectivity index (χ0v) is 37.5.